The fraction of sp³-hybridized carbons (Fsp3) is 0.533. The van der Waals surface area contributed by atoms with E-state index in [9.17, 15) is 4.79 Å². The molecule has 1 amide bonds. The molecule has 0 aromatic heterocycles. The van der Waals surface area contributed by atoms with Crippen LogP contribution >= 0.6 is 11.6 Å². The lowest BCUT2D eigenvalue weighted by Gasteiger charge is -2.19. The van der Waals surface area contributed by atoms with Gasteiger partial charge in [-0.3, -0.25) is 4.79 Å². The van der Waals surface area contributed by atoms with Crippen LogP contribution < -0.4 is 15.4 Å². The largest absolute Gasteiger partial charge is 0.481 e. The van der Waals surface area contributed by atoms with Gasteiger partial charge >= 0.3 is 0 Å². The lowest BCUT2D eigenvalue weighted by Crippen LogP contribution is -2.40. The average molecular weight is 299 g/mol. The van der Waals surface area contributed by atoms with E-state index in [1.54, 1.807) is 19.1 Å². The highest BCUT2D eigenvalue weighted by Crippen LogP contribution is 2.24. The summed E-state index contributed by atoms with van der Waals surface area (Å²) in [7, 11) is 0. The Morgan fingerprint density at radius 3 is 2.65 bits per heavy atom. The fourth-order valence-electron chi connectivity index (χ4n) is 1.71. The topological polar surface area (TPSA) is 50.4 Å². The first-order valence-corrected chi connectivity index (χ1v) is 7.28. The molecule has 1 unspecified atom stereocenters. The molecule has 1 atom stereocenters. The highest BCUT2D eigenvalue weighted by atomic mass is 35.5. The maximum absolute atomic E-state index is 11.9. The second-order valence-electron chi connectivity index (χ2n) is 4.96. The number of ether oxygens (including phenoxy) is 1. The maximum Gasteiger partial charge on any atom is 0.260 e. The van der Waals surface area contributed by atoms with Crippen LogP contribution in [0.25, 0.3) is 0 Å². The van der Waals surface area contributed by atoms with Gasteiger partial charge in [-0.15, -0.1) is 0 Å². The van der Waals surface area contributed by atoms with Gasteiger partial charge in [0.1, 0.15) is 5.75 Å². The van der Waals surface area contributed by atoms with E-state index in [2.05, 4.69) is 10.6 Å². The van der Waals surface area contributed by atoms with Crippen molar-refractivity contribution in [2.45, 2.75) is 46.4 Å². The third-order valence-corrected chi connectivity index (χ3v) is 2.93. The zero-order chi connectivity index (χ0) is 15.1. The Bertz CT molecular complexity index is 449. The molecule has 0 aliphatic rings. The molecule has 20 heavy (non-hydrogen) atoms. The highest BCUT2D eigenvalue weighted by molar-refractivity contribution is 6.30. The minimum Gasteiger partial charge on any atom is -0.481 e. The molecule has 0 heterocycles. The van der Waals surface area contributed by atoms with E-state index in [-0.39, 0.29) is 11.9 Å². The number of carbonyl (C=O) groups excluding carboxylic acids is 1. The molecule has 0 saturated heterocycles. The first kappa shape index (κ1) is 16.8. The van der Waals surface area contributed by atoms with Gasteiger partial charge in [0.2, 0.25) is 0 Å². The average Bonchev–Trinajstić information content (AvgIpc) is 2.38. The van der Waals surface area contributed by atoms with Crippen molar-refractivity contribution in [1.82, 2.24) is 10.6 Å². The zero-order valence-corrected chi connectivity index (χ0v) is 13.3. The molecule has 4 nitrogen and oxygen atoms in total. The molecular formula is C15H23ClN2O2. The van der Waals surface area contributed by atoms with Gasteiger partial charge < -0.3 is 15.4 Å². The second-order valence-corrected chi connectivity index (χ2v) is 5.39. The Balaban J connectivity index is 2.77. The molecule has 0 spiro atoms. The van der Waals surface area contributed by atoms with Crippen LogP contribution in [0.5, 0.6) is 5.75 Å². The number of nitrogens with one attached hydrogen (secondary N) is 2. The van der Waals surface area contributed by atoms with Gasteiger partial charge in [0.05, 0.1) is 0 Å². The van der Waals surface area contributed by atoms with Crippen molar-refractivity contribution in [3.8, 4) is 5.75 Å². The minimum atomic E-state index is -0.543. The number of halogens is 1. The van der Waals surface area contributed by atoms with E-state index in [1.807, 2.05) is 26.8 Å². The van der Waals surface area contributed by atoms with Crippen molar-refractivity contribution >= 4 is 17.5 Å². The Hall–Kier alpha value is -1.26. The SMILES string of the molecule is CCNCc1cc(Cl)ccc1OC(C)C(=O)NC(C)C. The molecule has 0 radical (unpaired) electrons. The third kappa shape index (κ3) is 5.39. The van der Waals surface area contributed by atoms with Crippen LogP contribution in [-0.2, 0) is 11.3 Å². The van der Waals surface area contributed by atoms with Crippen LogP contribution in [0.4, 0.5) is 0 Å². The second kappa shape index (κ2) is 8.12. The summed E-state index contributed by atoms with van der Waals surface area (Å²) in [5.41, 5.74) is 0.948. The van der Waals surface area contributed by atoms with Crippen LogP contribution in [0.15, 0.2) is 18.2 Å². The molecule has 0 bridgehead atoms. The molecule has 0 aliphatic carbocycles. The summed E-state index contributed by atoms with van der Waals surface area (Å²) in [5, 5.41) is 6.72. The van der Waals surface area contributed by atoms with Gasteiger partial charge in [-0.1, -0.05) is 18.5 Å². The molecule has 1 aromatic rings. The fourth-order valence-corrected chi connectivity index (χ4v) is 1.90. The van der Waals surface area contributed by atoms with E-state index in [4.69, 9.17) is 16.3 Å². The van der Waals surface area contributed by atoms with Gasteiger partial charge in [-0.05, 0) is 45.5 Å². The summed E-state index contributed by atoms with van der Waals surface area (Å²) in [4.78, 5) is 11.9. The van der Waals surface area contributed by atoms with Gasteiger partial charge in [0.15, 0.2) is 6.10 Å². The van der Waals surface area contributed by atoms with Crippen molar-refractivity contribution in [3.05, 3.63) is 28.8 Å². The van der Waals surface area contributed by atoms with E-state index < -0.39 is 6.10 Å². The quantitative estimate of drug-likeness (QED) is 0.814. The Kier molecular flexibility index (Phi) is 6.82. The summed E-state index contributed by atoms with van der Waals surface area (Å²) < 4.78 is 5.75. The monoisotopic (exact) mass is 298 g/mol. The molecule has 0 saturated carbocycles. The van der Waals surface area contributed by atoms with Crippen LogP contribution in [0, 0.1) is 0 Å². The van der Waals surface area contributed by atoms with E-state index in [0.717, 1.165) is 12.1 Å². The van der Waals surface area contributed by atoms with Gasteiger partial charge in [0.25, 0.3) is 5.91 Å². The smallest absolute Gasteiger partial charge is 0.260 e. The van der Waals surface area contributed by atoms with Crippen molar-refractivity contribution in [1.29, 1.82) is 0 Å². The number of hydrogen-bond acceptors (Lipinski definition) is 3. The van der Waals surface area contributed by atoms with E-state index >= 15 is 0 Å². The predicted molar refractivity (Wildman–Crippen MR) is 82.2 cm³/mol. The molecule has 112 valence electrons. The Labute approximate surface area is 125 Å². The van der Waals surface area contributed by atoms with Crippen LogP contribution in [0.3, 0.4) is 0 Å². The zero-order valence-electron chi connectivity index (χ0n) is 12.5. The van der Waals surface area contributed by atoms with Crippen molar-refractivity contribution < 1.29 is 9.53 Å². The number of amides is 1. The van der Waals surface area contributed by atoms with Gasteiger partial charge in [0, 0.05) is 23.2 Å². The van der Waals surface area contributed by atoms with Crippen LogP contribution in [0.2, 0.25) is 5.02 Å². The molecule has 0 fully saturated rings. The molecular weight excluding hydrogens is 276 g/mol. The molecule has 1 aromatic carbocycles. The summed E-state index contributed by atoms with van der Waals surface area (Å²) in [6, 6.07) is 5.51. The van der Waals surface area contributed by atoms with Crippen LogP contribution in [0.1, 0.15) is 33.3 Å². The minimum absolute atomic E-state index is 0.0972. The maximum atomic E-state index is 11.9. The van der Waals surface area contributed by atoms with Crippen molar-refractivity contribution in [2.24, 2.45) is 0 Å². The molecule has 5 heteroatoms. The lowest BCUT2D eigenvalue weighted by atomic mass is 10.2. The molecule has 1 rings (SSSR count). The number of carbonyl (C=O) groups is 1. The van der Waals surface area contributed by atoms with Gasteiger partial charge in [-0.25, -0.2) is 0 Å². The predicted octanol–water partition coefficient (Wildman–Crippen LogP) is 2.74. The number of benzene rings is 1. The van der Waals surface area contributed by atoms with Crippen molar-refractivity contribution in [2.75, 3.05) is 6.54 Å². The third-order valence-electron chi connectivity index (χ3n) is 2.69. The standard InChI is InChI=1S/C15H23ClN2O2/c1-5-17-9-12-8-13(16)6-7-14(12)20-11(4)15(19)18-10(2)3/h6-8,10-11,17H,5,9H2,1-4H3,(H,18,19). The summed E-state index contributed by atoms with van der Waals surface area (Å²) in [6.07, 6.45) is -0.543. The van der Waals surface area contributed by atoms with E-state index in [1.165, 1.54) is 0 Å². The summed E-state index contributed by atoms with van der Waals surface area (Å²) in [6.45, 7) is 9.13. The lowest BCUT2D eigenvalue weighted by molar-refractivity contribution is -0.127. The first-order chi connectivity index (χ1) is 9.43. The number of rotatable bonds is 7. The van der Waals surface area contributed by atoms with Crippen LogP contribution in [-0.4, -0.2) is 24.6 Å². The normalized spacial score (nSPS) is 12.3. The highest BCUT2D eigenvalue weighted by Gasteiger charge is 2.17. The summed E-state index contributed by atoms with van der Waals surface area (Å²) >= 11 is 6.00. The van der Waals surface area contributed by atoms with Gasteiger partial charge in [-0.2, -0.15) is 0 Å². The Morgan fingerprint density at radius 1 is 1.35 bits per heavy atom. The first-order valence-electron chi connectivity index (χ1n) is 6.90. The van der Waals surface area contributed by atoms with Crippen molar-refractivity contribution in [3.63, 3.8) is 0 Å². The number of hydrogen-bond donors (Lipinski definition) is 2. The Morgan fingerprint density at radius 2 is 2.05 bits per heavy atom. The molecule has 0 aliphatic heterocycles. The van der Waals surface area contributed by atoms with E-state index in [0.29, 0.717) is 17.3 Å². The summed E-state index contributed by atoms with van der Waals surface area (Å²) in [5.74, 6) is 0.561. The molecule has 2 N–H and O–H groups in total.